The maximum Gasteiger partial charge on any atom is 0.357 e. The zero-order valence-electron chi connectivity index (χ0n) is 9.14. The Kier molecular flexibility index (Phi) is 4.68. The molecular weight excluding hydrogens is 242 g/mol. The predicted octanol–water partition coefficient (Wildman–Crippen LogP) is 0.463. The van der Waals surface area contributed by atoms with Gasteiger partial charge in [0.25, 0.3) is 0 Å². The van der Waals surface area contributed by atoms with E-state index in [9.17, 15) is 4.79 Å². The molecule has 1 rings (SSSR count). The summed E-state index contributed by atoms with van der Waals surface area (Å²) in [5.74, 6) is 4.07. The van der Waals surface area contributed by atoms with Gasteiger partial charge in [0.05, 0.1) is 0 Å². The summed E-state index contributed by atoms with van der Waals surface area (Å²) >= 11 is 1.59. The molecule has 1 aromatic rings. The first-order valence-corrected chi connectivity index (χ1v) is 5.82. The maximum atomic E-state index is 10.6. The molecule has 1 aromatic carbocycles. The molecular formula is C10H13N3O3S. The first-order chi connectivity index (χ1) is 8.08. The third-order valence-corrected chi connectivity index (χ3v) is 2.63. The number of hydrogen-bond acceptors (Lipinski definition) is 6. The molecule has 0 spiro atoms. The second-order valence-electron chi connectivity index (χ2n) is 2.97. The highest BCUT2D eigenvalue weighted by molar-refractivity contribution is 7.98. The molecule has 0 heterocycles. The van der Waals surface area contributed by atoms with Crippen LogP contribution in [0.15, 0.2) is 40.7 Å². The van der Waals surface area contributed by atoms with Crippen molar-refractivity contribution in [3.63, 3.8) is 0 Å². The van der Waals surface area contributed by atoms with Crippen LogP contribution in [0.3, 0.4) is 0 Å². The summed E-state index contributed by atoms with van der Waals surface area (Å²) in [6.45, 7) is 0. The normalized spacial score (nSPS) is 11.6. The van der Waals surface area contributed by atoms with Gasteiger partial charge in [0.2, 0.25) is 5.88 Å². The van der Waals surface area contributed by atoms with E-state index in [-0.39, 0.29) is 5.88 Å². The van der Waals surface area contributed by atoms with E-state index in [1.807, 2.05) is 18.4 Å². The lowest BCUT2D eigenvalue weighted by Gasteiger charge is -2.10. The topological polar surface area (TPSA) is 111 Å². The lowest BCUT2D eigenvalue weighted by Crippen LogP contribution is -2.31. The number of carbonyl (C=O) groups is 1. The number of nitrogens with two attached hydrogens (primary N) is 2. The van der Waals surface area contributed by atoms with Gasteiger partial charge >= 0.3 is 5.97 Å². The highest BCUT2D eigenvalue weighted by Gasteiger charge is 2.11. The van der Waals surface area contributed by atoms with Gasteiger partial charge in [-0.1, -0.05) is 0 Å². The van der Waals surface area contributed by atoms with Crippen LogP contribution in [-0.2, 0) is 4.79 Å². The molecule has 6 N–H and O–H groups in total. The van der Waals surface area contributed by atoms with E-state index in [4.69, 9.17) is 21.4 Å². The SMILES string of the molecule is CSc1ccc(O/C(NN)=C(/N)C(=O)O)cc1. The zero-order chi connectivity index (χ0) is 12.8. The van der Waals surface area contributed by atoms with Crippen LogP contribution in [0.2, 0.25) is 0 Å². The monoisotopic (exact) mass is 255 g/mol. The Labute approximate surface area is 103 Å². The molecule has 0 aliphatic carbocycles. The van der Waals surface area contributed by atoms with Gasteiger partial charge in [-0.15, -0.1) is 11.8 Å². The number of nitrogens with one attached hydrogen (secondary N) is 1. The van der Waals surface area contributed by atoms with Crippen LogP contribution in [0.1, 0.15) is 0 Å². The van der Waals surface area contributed by atoms with E-state index in [2.05, 4.69) is 5.43 Å². The molecule has 92 valence electrons. The Morgan fingerprint density at radius 2 is 2.00 bits per heavy atom. The Balaban J connectivity index is 2.88. The fourth-order valence-corrected chi connectivity index (χ4v) is 1.43. The van der Waals surface area contributed by atoms with Crippen molar-refractivity contribution in [1.82, 2.24) is 5.43 Å². The van der Waals surface area contributed by atoms with Crippen molar-refractivity contribution in [3.8, 4) is 5.75 Å². The van der Waals surface area contributed by atoms with Crippen LogP contribution >= 0.6 is 11.8 Å². The minimum atomic E-state index is -1.31. The molecule has 0 saturated heterocycles. The number of hydrogen-bond donors (Lipinski definition) is 4. The van der Waals surface area contributed by atoms with Crippen molar-refractivity contribution in [3.05, 3.63) is 35.8 Å². The summed E-state index contributed by atoms with van der Waals surface area (Å²) in [5.41, 5.74) is 6.91. The molecule has 0 aliphatic rings. The quantitative estimate of drug-likeness (QED) is 0.199. The predicted molar refractivity (Wildman–Crippen MR) is 65.0 cm³/mol. The highest BCUT2D eigenvalue weighted by atomic mass is 32.2. The van der Waals surface area contributed by atoms with Crippen LogP contribution in [0.4, 0.5) is 0 Å². The van der Waals surface area contributed by atoms with Crippen LogP contribution in [-0.4, -0.2) is 17.3 Å². The number of carboxylic acids is 1. The minimum absolute atomic E-state index is 0.200. The van der Waals surface area contributed by atoms with Crippen molar-refractivity contribution in [2.75, 3.05) is 6.26 Å². The molecule has 6 nitrogen and oxygen atoms in total. The van der Waals surface area contributed by atoms with Gasteiger partial charge in [0.1, 0.15) is 5.75 Å². The molecule has 0 bridgehead atoms. The van der Waals surface area contributed by atoms with Crippen molar-refractivity contribution in [2.45, 2.75) is 4.90 Å². The molecule has 0 saturated carbocycles. The summed E-state index contributed by atoms with van der Waals surface area (Å²) in [7, 11) is 0. The first kappa shape index (κ1) is 13.2. The number of aliphatic carboxylic acids is 1. The van der Waals surface area contributed by atoms with E-state index in [1.165, 1.54) is 0 Å². The van der Waals surface area contributed by atoms with E-state index >= 15 is 0 Å². The lowest BCUT2D eigenvalue weighted by molar-refractivity contribution is -0.132. The first-order valence-electron chi connectivity index (χ1n) is 4.60. The average molecular weight is 255 g/mol. The number of rotatable bonds is 5. The molecule has 0 radical (unpaired) electrons. The van der Waals surface area contributed by atoms with Crippen molar-refractivity contribution < 1.29 is 14.6 Å². The number of thioether (sulfide) groups is 1. The second-order valence-corrected chi connectivity index (χ2v) is 3.85. The fourth-order valence-electron chi connectivity index (χ4n) is 1.02. The van der Waals surface area contributed by atoms with Gasteiger partial charge in [-0.05, 0) is 30.5 Å². The van der Waals surface area contributed by atoms with E-state index in [0.29, 0.717) is 5.75 Å². The Morgan fingerprint density at radius 3 is 2.41 bits per heavy atom. The largest absolute Gasteiger partial charge is 0.476 e. The molecule has 0 unspecified atom stereocenters. The fraction of sp³-hybridized carbons (Fsp3) is 0.100. The number of carboxylic acid groups (broad SMARTS) is 1. The van der Waals surface area contributed by atoms with Gasteiger partial charge in [0, 0.05) is 4.90 Å². The summed E-state index contributed by atoms with van der Waals surface area (Å²) in [5, 5.41) is 8.68. The third-order valence-electron chi connectivity index (χ3n) is 1.89. The summed E-state index contributed by atoms with van der Waals surface area (Å²) < 4.78 is 5.21. The highest BCUT2D eigenvalue weighted by Crippen LogP contribution is 2.20. The van der Waals surface area contributed by atoms with Crippen LogP contribution < -0.4 is 21.7 Å². The van der Waals surface area contributed by atoms with Crippen LogP contribution in [0.5, 0.6) is 5.75 Å². The number of benzene rings is 1. The molecule has 0 fully saturated rings. The van der Waals surface area contributed by atoms with Gasteiger partial charge in [-0.3, -0.25) is 5.43 Å². The molecule has 0 amide bonds. The van der Waals surface area contributed by atoms with Gasteiger partial charge < -0.3 is 15.6 Å². The number of ether oxygens (including phenoxy) is 1. The van der Waals surface area contributed by atoms with E-state index in [0.717, 1.165) is 4.90 Å². The smallest absolute Gasteiger partial charge is 0.357 e. The van der Waals surface area contributed by atoms with Crippen molar-refractivity contribution in [2.24, 2.45) is 11.6 Å². The summed E-state index contributed by atoms with van der Waals surface area (Å²) in [6.07, 6.45) is 1.95. The van der Waals surface area contributed by atoms with Crippen LogP contribution in [0, 0.1) is 0 Å². The van der Waals surface area contributed by atoms with Gasteiger partial charge in [0.15, 0.2) is 5.70 Å². The molecule has 0 atom stereocenters. The molecule has 7 heteroatoms. The minimum Gasteiger partial charge on any atom is -0.476 e. The molecule has 0 aliphatic heterocycles. The van der Waals surface area contributed by atoms with Crippen molar-refractivity contribution >= 4 is 17.7 Å². The van der Waals surface area contributed by atoms with E-state index in [1.54, 1.807) is 23.9 Å². The molecule has 0 aromatic heterocycles. The van der Waals surface area contributed by atoms with Crippen molar-refractivity contribution in [1.29, 1.82) is 0 Å². The summed E-state index contributed by atoms with van der Waals surface area (Å²) in [6, 6.07) is 7.06. The number of hydrazine groups is 1. The summed E-state index contributed by atoms with van der Waals surface area (Å²) in [4.78, 5) is 11.7. The molecule has 17 heavy (non-hydrogen) atoms. The van der Waals surface area contributed by atoms with E-state index < -0.39 is 11.7 Å². The average Bonchev–Trinajstić information content (AvgIpc) is 2.35. The lowest BCUT2D eigenvalue weighted by atomic mass is 10.3. The van der Waals surface area contributed by atoms with Crippen LogP contribution in [0.25, 0.3) is 0 Å². The van der Waals surface area contributed by atoms with Gasteiger partial charge in [-0.2, -0.15) is 0 Å². The Hall–Kier alpha value is -1.86. The third kappa shape index (κ3) is 3.58. The second kappa shape index (κ2) is 6.02. The standard InChI is InChI=1S/C10H13N3O3S/c1-17-7-4-2-6(3-5-7)16-9(13-12)8(11)10(14)15/h2-5,13H,11-12H2,1H3,(H,14,15)/b9-8+. The Bertz CT molecular complexity index is 431. The maximum absolute atomic E-state index is 10.6. The van der Waals surface area contributed by atoms with Gasteiger partial charge in [-0.25, -0.2) is 10.6 Å². The zero-order valence-corrected chi connectivity index (χ0v) is 9.95. The Morgan fingerprint density at radius 1 is 1.41 bits per heavy atom.